The first kappa shape index (κ1) is 4.82. The van der Waals surface area contributed by atoms with Gasteiger partial charge in [0.2, 0.25) is 0 Å². The van der Waals surface area contributed by atoms with Crippen LogP contribution in [0.25, 0.3) is 0 Å². The minimum absolute atomic E-state index is 1.21. The predicted molar refractivity (Wildman–Crippen MR) is 31.4 cm³/mol. The van der Waals surface area contributed by atoms with Crippen LogP contribution in [0.2, 0.25) is 0 Å². The smallest absolute Gasteiger partial charge is 0.0734 e. The van der Waals surface area contributed by atoms with Crippen LogP contribution in [0.5, 0.6) is 0 Å². The van der Waals surface area contributed by atoms with Crippen molar-refractivity contribution in [3.8, 4) is 0 Å². The quantitative estimate of drug-likeness (QED) is 0.248. The average molecular weight is 109 g/mol. The van der Waals surface area contributed by atoms with Gasteiger partial charge in [-0.2, -0.15) is 0 Å². The molecule has 0 aliphatic carbocycles. The lowest BCUT2D eigenvalue weighted by Gasteiger charge is -1.90. The summed E-state index contributed by atoms with van der Waals surface area (Å²) in [6.45, 7) is 0. The molecule has 0 aliphatic rings. The Hall–Kier alpha value is 0.824. The van der Waals surface area contributed by atoms with Gasteiger partial charge in [0.05, 0.1) is 20.8 Å². The molecule has 0 N–H and O–H groups in total. The Morgan fingerprint density at radius 1 is 1.50 bits per heavy atom. The summed E-state index contributed by atoms with van der Waals surface area (Å²) in [7, 11) is 5.03. The third-order valence-electron chi connectivity index (χ3n) is 0. The van der Waals surface area contributed by atoms with Crippen molar-refractivity contribution in [1.29, 1.82) is 0 Å². The van der Waals surface area contributed by atoms with Crippen LogP contribution in [0.1, 0.15) is 0 Å². The molecule has 0 rings (SSSR count). The van der Waals surface area contributed by atoms with Gasteiger partial charge in [-0.25, -0.2) is 0 Å². The standard InChI is InChI=1S/H8NPSi2/c2-1(3)4/h2H2,3-4H3. The van der Waals surface area contributed by atoms with E-state index in [1.54, 1.807) is 0 Å². The van der Waals surface area contributed by atoms with Crippen molar-refractivity contribution in [3.63, 3.8) is 0 Å². The SMILES string of the molecule is [SiH3]N([SiH3])P. The summed E-state index contributed by atoms with van der Waals surface area (Å²) in [6.07, 6.45) is 0. The molecule has 1 atom stereocenters. The molecule has 0 amide bonds. The molecule has 0 spiro atoms. The van der Waals surface area contributed by atoms with E-state index >= 15 is 0 Å². The van der Waals surface area contributed by atoms with Crippen molar-refractivity contribution >= 4 is 30.2 Å². The summed E-state index contributed by atoms with van der Waals surface area (Å²) in [5, 5.41) is 0. The molecule has 1 unspecified atom stereocenters. The number of nitrogens with zero attached hydrogens (tertiary/aromatic N) is 1. The normalized spacial score (nSPS) is 10.5. The fourth-order valence-electron chi connectivity index (χ4n) is 0. The maximum atomic E-state index is 2.61. The highest BCUT2D eigenvalue weighted by atomic mass is 31.0. The van der Waals surface area contributed by atoms with E-state index in [-0.39, 0.29) is 0 Å². The minimum atomic E-state index is 1.21. The van der Waals surface area contributed by atoms with E-state index in [9.17, 15) is 0 Å². The van der Waals surface area contributed by atoms with Crippen molar-refractivity contribution in [2.24, 2.45) is 0 Å². The molecule has 0 aromatic carbocycles. The maximum Gasteiger partial charge on any atom is 0.0734 e. The van der Waals surface area contributed by atoms with Gasteiger partial charge in [-0.05, 0) is 0 Å². The summed E-state index contributed by atoms with van der Waals surface area (Å²) in [5.74, 6) is 0. The van der Waals surface area contributed by atoms with Crippen molar-refractivity contribution in [2.75, 3.05) is 0 Å². The van der Waals surface area contributed by atoms with E-state index in [4.69, 9.17) is 0 Å². The highest BCUT2D eigenvalue weighted by molar-refractivity contribution is 7.18. The van der Waals surface area contributed by atoms with Crippen molar-refractivity contribution in [1.82, 2.24) is 4.00 Å². The van der Waals surface area contributed by atoms with Crippen LogP contribution in [-0.4, -0.2) is 24.8 Å². The second kappa shape index (κ2) is 2.09. The highest BCUT2D eigenvalue weighted by Gasteiger charge is 1.58. The lowest BCUT2D eigenvalue weighted by atomic mass is 13.8. The van der Waals surface area contributed by atoms with Crippen molar-refractivity contribution < 1.29 is 0 Å². The molecule has 26 valence electrons. The Kier molecular flexibility index (Phi) is 2.51. The van der Waals surface area contributed by atoms with Crippen molar-refractivity contribution in [3.05, 3.63) is 0 Å². The van der Waals surface area contributed by atoms with E-state index in [0.29, 0.717) is 0 Å². The molecule has 0 aromatic rings. The summed E-state index contributed by atoms with van der Waals surface area (Å²) in [6, 6.07) is 0. The first-order chi connectivity index (χ1) is 1.73. The Labute approximate surface area is 35.0 Å². The molecular weight excluding hydrogens is 101 g/mol. The van der Waals surface area contributed by atoms with Crippen molar-refractivity contribution in [2.45, 2.75) is 0 Å². The van der Waals surface area contributed by atoms with Crippen LogP contribution in [-0.2, 0) is 0 Å². The monoisotopic (exact) mass is 109 g/mol. The number of hydrogen-bond acceptors (Lipinski definition) is 1. The fourth-order valence-corrected chi connectivity index (χ4v) is 0. The summed E-state index contributed by atoms with van der Waals surface area (Å²) in [5.41, 5.74) is 0. The van der Waals surface area contributed by atoms with Crippen LogP contribution >= 0.6 is 9.39 Å². The van der Waals surface area contributed by atoms with Crippen LogP contribution in [0.15, 0.2) is 0 Å². The molecule has 0 radical (unpaired) electrons. The lowest BCUT2D eigenvalue weighted by molar-refractivity contribution is 1.22. The summed E-state index contributed by atoms with van der Waals surface area (Å²) >= 11 is 0. The zero-order valence-corrected chi connectivity index (χ0v) is 8.18. The molecule has 4 heavy (non-hydrogen) atoms. The maximum absolute atomic E-state index is 2.61. The molecule has 0 bridgehead atoms. The van der Waals surface area contributed by atoms with Crippen LogP contribution < -0.4 is 0 Å². The Balaban J connectivity index is 2.32. The molecule has 1 nitrogen and oxygen atoms in total. The highest BCUT2D eigenvalue weighted by Crippen LogP contribution is 1.75. The zero-order valence-electron chi connectivity index (χ0n) is 3.02. The first-order valence-corrected chi connectivity index (χ1v) is 3.46. The molecule has 0 fully saturated rings. The van der Waals surface area contributed by atoms with E-state index in [0.717, 1.165) is 0 Å². The van der Waals surface area contributed by atoms with Gasteiger partial charge in [0.15, 0.2) is 0 Å². The number of rotatable bonds is 0. The second-order valence-corrected chi connectivity index (χ2v) is 8.67. The molecule has 0 aliphatic heterocycles. The summed E-state index contributed by atoms with van der Waals surface area (Å²) < 4.78 is 2.19. The molecule has 0 saturated heterocycles. The lowest BCUT2D eigenvalue weighted by Crippen LogP contribution is -1.95. The van der Waals surface area contributed by atoms with Gasteiger partial charge >= 0.3 is 0 Å². The Bertz CT molecular complexity index is 10.8. The van der Waals surface area contributed by atoms with Gasteiger partial charge in [0.25, 0.3) is 0 Å². The van der Waals surface area contributed by atoms with Crippen LogP contribution in [0.4, 0.5) is 0 Å². The molecular formula is H8NPSi2. The van der Waals surface area contributed by atoms with Gasteiger partial charge in [-0.1, -0.05) is 9.39 Å². The second-order valence-electron chi connectivity index (χ2n) is 0.964. The van der Waals surface area contributed by atoms with E-state index in [1.165, 1.54) is 20.8 Å². The first-order valence-electron chi connectivity index (χ1n) is 1.15. The Morgan fingerprint density at radius 2 is 1.50 bits per heavy atom. The zero-order chi connectivity index (χ0) is 3.58. The van der Waals surface area contributed by atoms with Gasteiger partial charge in [-0.15, -0.1) is 0 Å². The Morgan fingerprint density at radius 3 is 1.50 bits per heavy atom. The van der Waals surface area contributed by atoms with E-state index in [2.05, 4.69) is 13.4 Å². The molecule has 0 aromatic heterocycles. The summed E-state index contributed by atoms with van der Waals surface area (Å²) in [4.78, 5) is 0. The third-order valence-corrected chi connectivity index (χ3v) is 0. The van der Waals surface area contributed by atoms with Crippen LogP contribution in [0.3, 0.4) is 0 Å². The van der Waals surface area contributed by atoms with E-state index < -0.39 is 0 Å². The van der Waals surface area contributed by atoms with Gasteiger partial charge in [-0.3, -0.25) is 0 Å². The molecule has 0 saturated carbocycles. The van der Waals surface area contributed by atoms with Crippen LogP contribution in [0, 0.1) is 0 Å². The number of hydrogen-bond donors (Lipinski definition) is 0. The van der Waals surface area contributed by atoms with Gasteiger partial charge in [0, 0.05) is 0 Å². The molecule has 4 heteroatoms. The van der Waals surface area contributed by atoms with E-state index in [1.807, 2.05) is 0 Å². The topological polar surface area (TPSA) is 3.24 Å². The predicted octanol–water partition coefficient (Wildman–Crippen LogP) is -2.36. The largest absolute Gasteiger partial charge is 0.345 e. The van der Waals surface area contributed by atoms with Gasteiger partial charge < -0.3 is 4.00 Å². The average Bonchev–Trinajstić information content (AvgIpc) is 0.811. The minimum Gasteiger partial charge on any atom is -0.345 e. The van der Waals surface area contributed by atoms with Gasteiger partial charge in [0.1, 0.15) is 0 Å². The molecule has 0 heterocycles. The fraction of sp³-hybridized carbons (Fsp3) is 0. The third kappa shape index (κ3) is 13.8.